The van der Waals surface area contributed by atoms with E-state index in [0.29, 0.717) is 13.0 Å². The first-order valence-electron chi connectivity index (χ1n) is 5.30. The fourth-order valence-electron chi connectivity index (χ4n) is 1.11. The summed E-state index contributed by atoms with van der Waals surface area (Å²) in [6.45, 7) is 5.97. The molecule has 0 fully saturated rings. The smallest absolute Gasteiger partial charge is 0.407 e. The number of nitrogens with zero attached hydrogens (tertiary/aromatic N) is 2. The van der Waals surface area contributed by atoms with Gasteiger partial charge < -0.3 is 10.1 Å². The SMILES string of the molecule is CC(C)(C)OC(=O)NCCc1cc(Br)ncn1. The second-order valence-electron chi connectivity index (χ2n) is 4.51. The van der Waals surface area contributed by atoms with Gasteiger partial charge in [-0.05, 0) is 42.8 Å². The lowest BCUT2D eigenvalue weighted by Crippen LogP contribution is -2.33. The zero-order chi connectivity index (χ0) is 12.9. The number of halogens is 1. The molecule has 0 aliphatic carbocycles. The molecular formula is C11H16BrN3O2. The van der Waals surface area contributed by atoms with Crippen LogP contribution < -0.4 is 5.32 Å². The number of rotatable bonds is 3. The molecule has 0 saturated heterocycles. The molecule has 0 aromatic carbocycles. The fraction of sp³-hybridized carbons (Fsp3) is 0.545. The third-order valence-electron chi connectivity index (χ3n) is 1.74. The van der Waals surface area contributed by atoms with Crippen molar-refractivity contribution in [3.05, 3.63) is 22.7 Å². The summed E-state index contributed by atoms with van der Waals surface area (Å²) in [6, 6.07) is 1.82. The van der Waals surface area contributed by atoms with Crippen LogP contribution in [0.5, 0.6) is 0 Å². The van der Waals surface area contributed by atoms with Crippen LogP contribution >= 0.6 is 15.9 Å². The molecule has 0 unspecified atom stereocenters. The largest absolute Gasteiger partial charge is 0.444 e. The van der Waals surface area contributed by atoms with E-state index in [4.69, 9.17) is 4.74 Å². The highest BCUT2D eigenvalue weighted by Gasteiger charge is 2.15. The van der Waals surface area contributed by atoms with Gasteiger partial charge in [0.15, 0.2) is 0 Å². The second-order valence-corrected chi connectivity index (χ2v) is 5.32. The van der Waals surface area contributed by atoms with E-state index in [9.17, 15) is 4.79 Å². The molecule has 1 aromatic heterocycles. The van der Waals surface area contributed by atoms with Gasteiger partial charge in [-0.3, -0.25) is 0 Å². The van der Waals surface area contributed by atoms with Crippen LogP contribution in [0.2, 0.25) is 0 Å². The van der Waals surface area contributed by atoms with Gasteiger partial charge in [-0.2, -0.15) is 0 Å². The number of aromatic nitrogens is 2. The highest BCUT2D eigenvalue weighted by Crippen LogP contribution is 2.07. The minimum Gasteiger partial charge on any atom is -0.444 e. The molecule has 0 aliphatic heterocycles. The van der Waals surface area contributed by atoms with Crippen LogP contribution in [0.4, 0.5) is 4.79 Å². The van der Waals surface area contributed by atoms with E-state index >= 15 is 0 Å². The quantitative estimate of drug-likeness (QED) is 0.870. The number of carbonyl (C=O) groups is 1. The van der Waals surface area contributed by atoms with Gasteiger partial charge >= 0.3 is 6.09 Å². The van der Waals surface area contributed by atoms with Crippen LogP contribution in [-0.2, 0) is 11.2 Å². The lowest BCUT2D eigenvalue weighted by molar-refractivity contribution is 0.0528. The molecule has 0 spiro atoms. The molecule has 1 heterocycles. The van der Waals surface area contributed by atoms with Crippen molar-refractivity contribution in [3.63, 3.8) is 0 Å². The first-order chi connectivity index (χ1) is 7.87. The summed E-state index contributed by atoms with van der Waals surface area (Å²) in [5.41, 5.74) is 0.394. The highest BCUT2D eigenvalue weighted by molar-refractivity contribution is 9.10. The van der Waals surface area contributed by atoms with Gasteiger partial charge in [0.2, 0.25) is 0 Å². The topological polar surface area (TPSA) is 64.1 Å². The average Bonchev–Trinajstić information content (AvgIpc) is 2.14. The van der Waals surface area contributed by atoms with Crippen LogP contribution in [-0.4, -0.2) is 28.2 Å². The number of alkyl carbamates (subject to hydrolysis) is 1. The summed E-state index contributed by atoms with van der Waals surface area (Å²) in [5.74, 6) is 0. The van der Waals surface area contributed by atoms with Gasteiger partial charge in [0.1, 0.15) is 16.5 Å². The molecule has 0 atom stereocenters. The van der Waals surface area contributed by atoms with Gasteiger partial charge in [0.05, 0.1) is 0 Å². The number of hydrogen-bond acceptors (Lipinski definition) is 4. The molecule has 1 amide bonds. The molecule has 94 valence electrons. The Balaban J connectivity index is 2.31. The average molecular weight is 302 g/mol. The number of ether oxygens (including phenoxy) is 1. The Morgan fingerprint density at radius 1 is 1.47 bits per heavy atom. The molecular weight excluding hydrogens is 286 g/mol. The van der Waals surface area contributed by atoms with E-state index in [0.717, 1.165) is 10.3 Å². The van der Waals surface area contributed by atoms with Crippen molar-refractivity contribution in [1.82, 2.24) is 15.3 Å². The Kier molecular flexibility index (Phi) is 4.86. The maximum atomic E-state index is 11.3. The van der Waals surface area contributed by atoms with Crippen LogP contribution in [0.25, 0.3) is 0 Å². The van der Waals surface area contributed by atoms with Gasteiger partial charge in [0.25, 0.3) is 0 Å². The molecule has 17 heavy (non-hydrogen) atoms. The Hall–Kier alpha value is -1.17. The first-order valence-corrected chi connectivity index (χ1v) is 6.09. The van der Waals surface area contributed by atoms with Crippen LogP contribution in [0, 0.1) is 0 Å². The molecule has 0 saturated carbocycles. The zero-order valence-electron chi connectivity index (χ0n) is 10.2. The van der Waals surface area contributed by atoms with Gasteiger partial charge in [-0.15, -0.1) is 0 Å². The highest BCUT2D eigenvalue weighted by atomic mass is 79.9. The van der Waals surface area contributed by atoms with Gasteiger partial charge in [-0.1, -0.05) is 0 Å². The molecule has 5 nitrogen and oxygen atoms in total. The third kappa shape index (κ3) is 6.21. The molecule has 6 heteroatoms. The normalized spacial score (nSPS) is 11.1. The van der Waals surface area contributed by atoms with Crippen molar-refractivity contribution >= 4 is 22.0 Å². The number of amides is 1. The second kappa shape index (κ2) is 5.95. The monoisotopic (exact) mass is 301 g/mol. The molecule has 0 bridgehead atoms. The molecule has 0 aliphatic rings. The number of hydrogen-bond donors (Lipinski definition) is 1. The Morgan fingerprint density at radius 3 is 2.76 bits per heavy atom. The minimum atomic E-state index is -0.470. The van der Waals surface area contributed by atoms with Crippen molar-refractivity contribution in [2.45, 2.75) is 32.8 Å². The maximum absolute atomic E-state index is 11.3. The summed E-state index contributed by atoms with van der Waals surface area (Å²) < 4.78 is 5.84. The van der Waals surface area contributed by atoms with E-state index < -0.39 is 11.7 Å². The maximum Gasteiger partial charge on any atom is 0.407 e. The van der Waals surface area contributed by atoms with Crippen LogP contribution in [0.1, 0.15) is 26.5 Å². The van der Waals surface area contributed by atoms with E-state index in [2.05, 4.69) is 31.2 Å². The van der Waals surface area contributed by atoms with Crippen LogP contribution in [0.3, 0.4) is 0 Å². The number of nitrogens with one attached hydrogen (secondary N) is 1. The van der Waals surface area contributed by atoms with Crippen molar-refractivity contribution in [3.8, 4) is 0 Å². The summed E-state index contributed by atoms with van der Waals surface area (Å²) >= 11 is 3.26. The first kappa shape index (κ1) is 13.9. The summed E-state index contributed by atoms with van der Waals surface area (Å²) in [6.07, 6.45) is 1.71. The van der Waals surface area contributed by atoms with Crippen molar-refractivity contribution < 1.29 is 9.53 Å². The Labute approximate surface area is 109 Å². The van der Waals surface area contributed by atoms with E-state index in [1.807, 2.05) is 26.8 Å². The van der Waals surface area contributed by atoms with E-state index in [1.165, 1.54) is 6.33 Å². The lowest BCUT2D eigenvalue weighted by atomic mass is 10.2. The minimum absolute atomic E-state index is 0.411. The summed E-state index contributed by atoms with van der Waals surface area (Å²) in [5, 5.41) is 2.67. The predicted octanol–water partition coefficient (Wildman–Crippen LogP) is 2.31. The molecule has 1 rings (SSSR count). The lowest BCUT2D eigenvalue weighted by Gasteiger charge is -2.19. The molecule has 1 aromatic rings. The van der Waals surface area contributed by atoms with Crippen molar-refractivity contribution in [2.75, 3.05) is 6.54 Å². The van der Waals surface area contributed by atoms with Gasteiger partial charge in [-0.25, -0.2) is 14.8 Å². The Morgan fingerprint density at radius 2 is 2.18 bits per heavy atom. The number of carbonyl (C=O) groups excluding carboxylic acids is 1. The predicted molar refractivity (Wildman–Crippen MR) is 67.7 cm³/mol. The van der Waals surface area contributed by atoms with Crippen LogP contribution in [0.15, 0.2) is 17.0 Å². The third-order valence-corrected chi connectivity index (χ3v) is 2.17. The van der Waals surface area contributed by atoms with E-state index in [1.54, 1.807) is 0 Å². The van der Waals surface area contributed by atoms with Crippen molar-refractivity contribution in [1.29, 1.82) is 0 Å². The van der Waals surface area contributed by atoms with Gasteiger partial charge in [0, 0.05) is 18.7 Å². The summed E-state index contributed by atoms with van der Waals surface area (Å²) in [7, 11) is 0. The molecule has 1 N–H and O–H groups in total. The Bertz CT molecular complexity index is 391. The molecule has 0 radical (unpaired) electrons. The summed E-state index contributed by atoms with van der Waals surface area (Å²) in [4.78, 5) is 19.3. The zero-order valence-corrected chi connectivity index (χ0v) is 11.7. The van der Waals surface area contributed by atoms with E-state index in [-0.39, 0.29) is 0 Å². The van der Waals surface area contributed by atoms with Crippen molar-refractivity contribution in [2.24, 2.45) is 0 Å². The standard InChI is InChI=1S/C11H16BrN3O2/c1-11(2,3)17-10(16)13-5-4-8-6-9(12)15-7-14-8/h6-7H,4-5H2,1-3H3,(H,13,16). The fourth-order valence-corrected chi connectivity index (χ4v) is 1.47.